The highest BCUT2D eigenvalue weighted by atomic mass is 19.1. The molecule has 0 bridgehead atoms. The van der Waals surface area contributed by atoms with Gasteiger partial charge in [0.05, 0.1) is 12.1 Å². The summed E-state index contributed by atoms with van der Waals surface area (Å²) in [6.07, 6.45) is 8.06. The Morgan fingerprint density at radius 2 is 2.08 bits per heavy atom. The van der Waals surface area contributed by atoms with Gasteiger partial charge in [-0.15, -0.1) is 0 Å². The van der Waals surface area contributed by atoms with Gasteiger partial charge in [0.2, 0.25) is 11.5 Å². The van der Waals surface area contributed by atoms with E-state index in [0.29, 0.717) is 24.1 Å². The van der Waals surface area contributed by atoms with Gasteiger partial charge in [-0.25, -0.2) is 14.4 Å². The fourth-order valence-electron chi connectivity index (χ4n) is 2.97. The number of piperidine rings is 1. The number of amides is 1. The molecule has 0 radical (unpaired) electrons. The van der Waals surface area contributed by atoms with Gasteiger partial charge in [0.1, 0.15) is 6.33 Å². The van der Waals surface area contributed by atoms with Crippen molar-refractivity contribution < 1.29 is 13.7 Å². The van der Waals surface area contributed by atoms with Crippen LogP contribution in [0.25, 0.3) is 11.4 Å². The molecule has 26 heavy (non-hydrogen) atoms. The summed E-state index contributed by atoms with van der Waals surface area (Å²) in [5.41, 5.74) is -0.939. The van der Waals surface area contributed by atoms with Gasteiger partial charge in [-0.05, 0) is 25.0 Å². The van der Waals surface area contributed by atoms with Crippen LogP contribution in [0.5, 0.6) is 0 Å². The predicted octanol–water partition coefficient (Wildman–Crippen LogP) is 2.02. The van der Waals surface area contributed by atoms with Crippen LogP contribution in [0.4, 0.5) is 4.39 Å². The Morgan fingerprint density at radius 3 is 2.85 bits per heavy atom. The van der Waals surface area contributed by atoms with Gasteiger partial charge in [-0.1, -0.05) is 5.16 Å². The number of carbonyl (C=O) groups excluding carboxylic acids is 1. The van der Waals surface area contributed by atoms with Crippen LogP contribution in [0.1, 0.15) is 29.1 Å². The SMILES string of the molecule is O=C(c1cncnc1)N1CCCC(F)(c2nc(-c3cccnc3)no2)C1. The van der Waals surface area contributed by atoms with Gasteiger partial charge in [0.25, 0.3) is 11.8 Å². The van der Waals surface area contributed by atoms with Crippen molar-refractivity contribution in [3.8, 4) is 11.4 Å². The minimum absolute atomic E-state index is 0.127. The van der Waals surface area contributed by atoms with E-state index in [2.05, 4.69) is 25.1 Å². The molecular weight excluding hydrogens is 339 g/mol. The molecule has 0 N–H and O–H groups in total. The van der Waals surface area contributed by atoms with Crippen molar-refractivity contribution in [2.24, 2.45) is 0 Å². The third kappa shape index (κ3) is 3.03. The largest absolute Gasteiger partial charge is 0.335 e. The predicted molar refractivity (Wildman–Crippen MR) is 87.5 cm³/mol. The number of alkyl halides is 1. The molecule has 0 saturated carbocycles. The Bertz CT molecular complexity index is 904. The average Bonchev–Trinajstić information content (AvgIpc) is 3.20. The van der Waals surface area contributed by atoms with Gasteiger partial charge >= 0.3 is 0 Å². The van der Waals surface area contributed by atoms with E-state index < -0.39 is 5.67 Å². The van der Waals surface area contributed by atoms with Crippen molar-refractivity contribution in [3.05, 3.63) is 54.7 Å². The van der Waals surface area contributed by atoms with Gasteiger partial charge in [-0.2, -0.15) is 4.98 Å². The molecule has 4 rings (SSSR count). The zero-order valence-corrected chi connectivity index (χ0v) is 13.7. The molecular formula is C17H15FN6O2. The van der Waals surface area contributed by atoms with Crippen LogP contribution in [0, 0.1) is 0 Å². The lowest BCUT2D eigenvalue weighted by Gasteiger charge is -2.35. The monoisotopic (exact) mass is 354 g/mol. The number of hydrogen-bond acceptors (Lipinski definition) is 7. The van der Waals surface area contributed by atoms with Crippen LogP contribution in [-0.2, 0) is 5.67 Å². The van der Waals surface area contributed by atoms with Crippen molar-refractivity contribution in [2.45, 2.75) is 18.5 Å². The summed E-state index contributed by atoms with van der Waals surface area (Å²) in [4.78, 5) is 29.8. The van der Waals surface area contributed by atoms with Crippen LogP contribution in [0.15, 0.2) is 47.8 Å². The van der Waals surface area contributed by atoms with E-state index in [1.165, 1.54) is 23.6 Å². The molecule has 9 heteroatoms. The lowest BCUT2D eigenvalue weighted by atomic mass is 9.94. The Labute approximate surface area is 148 Å². The first-order valence-corrected chi connectivity index (χ1v) is 8.13. The van der Waals surface area contributed by atoms with Gasteiger partial charge in [-0.3, -0.25) is 9.78 Å². The van der Waals surface area contributed by atoms with Crippen LogP contribution < -0.4 is 0 Å². The topological polar surface area (TPSA) is 97.9 Å². The Balaban J connectivity index is 1.56. The quantitative estimate of drug-likeness (QED) is 0.709. The maximum absolute atomic E-state index is 15.5. The van der Waals surface area contributed by atoms with Crippen molar-refractivity contribution in [1.29, 1.82) is 0 Å². The number of aromatic nitrogens is 5. The first-order valence-electron chi connectivity index (χ1n) is 8.13. The lowest BCUT2D eigenvalue weighted by Crippen LogP contribution is -2.46. The second kappa shape index (κ2) is 6.58. The number of likely N-dealkylation sites (tertiary alicyclic amines) is 1. The number of rotatable bonds is 3. The zero-order chi connectivity index (χ0) is 18.0. The van der Waals surface area contributed by atoms with Gasteiger partial charge in [0, 0.05) is 36.9 Å². The highest BCUT2D eigenvalue weighted by molar-refractivity contribution is 5.93. The minimum atomic E-state index is -1.89. The first-order chi connectivity index (χ1) is 12.7. The molecule has 1 atom stereocenters. The second-order valence-corrected chi connectivity index (χ2v) is 6.09. The summed E-state index contributed by atoms with van der Waals surface area (Å²) in [7, 11) is 0. The molecule has 1 amide bonds. The number of pyridine rings is 1. The van der Waals surface area contributed by atoms with Crippen molar-refractivity contribution >= 4 is 5.91 Å². The molecule has 3 aromatic rings. The normalized spacial score (nSPS) is 20.1. The fourth-order valence-corrected chi connectivity index (χ4v) is 2.97. The van der Waals surface area contributed by atoms with Gasteiger partial charge in [0.15, 0.2) is 0 Å². The van der Waals surface area contributed by atoms with Crippen LogP contribution >= 0.6 is 0 Å². The minimum Gasteiger partial charge on any atom is -0.335 e. The summed E-state index contributed by atoms with van der Waals surface area (Å²) in [6.45, 7) is 0.290. The molecule has 0 spiro atoms. The standard InChI is InChI=1S/C17H15FN6O2/c18-17(16-22-14(23-26-16)12-3-1-5-19-7-12)4-2-6-24(10-17)15(25)13-8-20-11-21-9-13/h1,3,5,7-9,11H,2,4,6,10H2. The molecule has 132 valence electrons. The highest BCUT2D eigenvalue weighted by Crippen LogP contribution is 2.35. The van der Waals surface area contributed by atoms with E-state index in [9.17, 15) is 4.79 Å². The Hall–Kier alpha value is -3.23. The Kier molecular flexibility index (Phi) is 4.11. The van der Waals surface area contributed by atoms with Crippen LogP contribution in [-0.4, -0.2) is 49.0 Å². The molecule has 1 fully saturated rings. The van der Waals surface area contributed by atoms with E-state index in [-0.39, 0.29) is 30.6 Å². The number of hydrogen-bond donors (Lipinski definition) is 0. The van der Waals surface area contributed by atoms with Crippen LogP contribution in [0.2, 0.25) is 0 Å². The van der Waals surface area contributed by atoms with E-state index in [0.717, 1.165) is 0 Å². The van der Waals surface area contributed by atoms with E-state index >= 15 is 4.39 Å². The molecule has 4 heterocycles. The van der Waals surface area contributed by atoms with E-state index in [1.54, 1.807) is 24.5 Å². The number of carbonyl (C=O) groups is 1. The summed E-state index contributed by atoms with van der Waals surface area (Å²) >= 11 is 0. The summed E-state index contributed by atoms with van der Waals surface area (Å²) in [5, 5.41) is 3.85. The third-order valence-corrected chi connectivity index (χ3v) is 4.27. The smallest absolute Gasteiger partial charge is 0.266 e. The molecule has 8 nitrogen and oxygen atoms in total. The fraction of sp³-hybridized carbons (Fsp3) is 0.294. The number of nitrogens with zero attached hydrogens (tertiary/aromatic N) is 6. The Morgan fingerprint density at radius 1 is 1.23 bits per heavy atom. The zero-order valence-electron chi connectivity index (χ0n) is 13.7. The molecule has 1 aliphatic heterocycles. The molecule has 0 aromatic carbocycles. The summed E-state index contributed by atoms with van der Waals surface area (Å²) in [6, 6.07) is 3.50. The maximum Gasteiger partial charge on any atom is 0.266 e. The molecule has 1 saturated heterocycles. The van der Waals surface area contributed by atoms with Crippen molar-refractivity contribution in [2.75, 3.05) is 13.1 Å². The van der Waals surface area contributed by atoms with Crippen LogP contribution in [0.3, 0.4) is 0 Å². The third-order valence-electron chi connectivity index (χ3n) is 4.27. The van der Waals surface area contributed by atoms with Crippen molar-refractivity contribution in [3.63, 3.8) is 0 Å². The average molecular weight is 354 g/mol. The maximum atomic E-state index is 15.5. The first kappa shape index (κ1) is 16.2. The molecule has 0 aliphatic carbocycles. The summed E-state index contributed by atoms with van der Waals surface area (Å²) in [5.74, 6) is -0.178. The molecule has 1 unspecified atom stereocenters. The van der Waals surface area contributed by atoms with Gasteiger partial charge < -0.3 is 9.42 Å². The summed E-state index contributed by atoms with van der Waals surface area (Å²) < 4.78 is 20.7. The van der Waals surface area contributed by atoms with E-state index in [4.69, 9.17) is 4.52 Å². The van der Waals surface area contributed by atoms with E-state index in [1.807, 2.05) is 0 Å². The molecule has 3 aromatic heterocycles. The molecule has 1 aliphatic rings. The second-order valence-electron chi connectivity index (χ2n) is 6.09. The lowest BCUT2D eigenvalue weighted by molar-refractivity contribution is 0.0152. The highest BCUT2D eigenvalue weighted by Gasteiger charge is 2.44. The van der Waals surface area contributed by atoms with Crippen molar-refractivity contribution in [1.82, 2.24) is 30.0 Å². The number of halogens is 1.